The van der Waals surface area contributed by atoms with Gasteiger partial charge in [-0.15, -0.1) is 12.6 Å². The van der Waals surface area contributed by atoms with E-state index in [0.717, 1.165) is 0 Å². The quantitative estimate of drug-likeness (QED) is 0.464. The number of aliphatic hydroxyl groups is 1. The van der Waals surface area contributed by atoms with Crippen LogP contribution in [0.25, 0.3) is 0 Å². The smallest absolute Gasteiger partial charge is 0.376 e. The topological polar surface area (TPSA) is 96.7 Å². The second-order valence-corrected chi connectivity index (χ2v) is 11.8. The van der Waals surface area contributed by atoms with Crippen molar-refractivity contribution in [1.82, 2.24) is 9.62 Å². The van der Waals surface area contributed by atoms with Gasteiger partial charge in [0.2, 0.25) is 10.0 Å². The lowest BCUT2D eigenvalue weighted by atomic mass is 9.95. The van der Waals surface area contributed by atoms with Crippen LogP contribution >= 0.6 is 12.6 Å². The Kier molecular flexibility index (Phi) is 8.03. The van der Waals surface area contributed by atoms with Gasteiger partial charge in [-0.2, -0.15) is 22.7 Å². The van der Waals surface area contributed by atoms with Gasteiger partial charge >= 0.3 is 6.18 Å². The standard InChI is InChI=1S/C24H29F3N4O3S2/c1-22(2,16-28)29-14-19-15-30(36(33,34)21-7-5-4-6-20(21)35)12-13-31(19)18-10-8-17(9-11-18)23(3,32)24(25,26)27/h4-11,19,29,32,35H,12-15H2,1-3H3/t19-,23?/m0/s1. The number of halogens is 3. The number of nitriles is 1. The zero-order valence-corrected chi connectivity index (χ0v) is 21.8. The van der Waals surface area contributed by atoms with E-state index in [-0.39, 0.29) is 36.6 Å². The van der Waals surface area contributed by atoms with Crippen LogP contribution in [0.2, 0.25) is 0 Å². The fourth-order valence-electron chi connectivity index (χ4n) is 3.93. The van der Waals surface area contributed by atoms with E-state index in [1.165, 1.54) is 34.6 Å². The van der Waals surface area contributed by atoms with Crippen LogP contribution in [0.1, 0.15) is 26.3 Å². The zero-order valence-electron chi connectivity index (χ0n) is 20.1. The molecule has 1 aliphatic heterocycles. The average Bonchev–Trinajstić information content (AvgIpc) is 2.82. The van der Waals surface area contributed by atoms with Crippen LogP contribution in [0.5, 0.6) is 0 Å². The Morgan fingerprint density at radius 3 is 2.28 bits per heavy atom. The van der Waals surface area contributed by atoms with Crippen LogP contribution in [0, 0.1) is 11.3 Å². The third kappa shape index (κ3) is 5.81. The van der Waals surface area contributed by atoms with E-state index < -0.39 is 33.4 Å². The number of piperazine rings is 1. The molecule has 36 heavy (non-hydrogen) atoms. The normalized spacial score (nSPS) is 19.5. The van der Waals surface area contributed by atoms with E-state index in [0.29, 0.717) is 17.5 Å². The highest BCUT2D eigenvalue weighted by Gasteiger charge is 2.51. The summed E-state index contributed by atoms with van der Waals surface area (Å²) >= 11 is 4.29. The molecule has 196 valence electrons. The monoisotopic (exact) mass is 542 g/mol. The van der Waals surface area contributed by atoms with Crippen molar-refractivity contribution < 1.29 is 26.7 Å². The van der Waals surface area contributed by atoms with Crippen molar-refractivity contribution in [1.29, 1.82) is 5.26 Å². The van der Waals surface area contributed by atoms with Crippen molar-refractivity contribution in [2.75, 3.05) is 31.1 Å². The van der Waals surface area contributed by atoms with Crippen LogP contribution in [0.3, 0.4) is 0 Å². The molecule has 2 aromatic carbocycles. The number of anilines is 1. The summed E-state index contributed by atoms with van der Waals surface area (Å²) in [6, 6.07) is 13.5. The highest BCUT2D eigenvalue weighted by Crippen LogP contribution is 2.39. The van der Waals surface area contributed by atoms with Gasteiger partial charge in [0.05, 0.1) is 17.0 Å². The first-order chi connectivity index (χ1) is 16.6. The minimum Gasteiger partial charge on any atom is -0.376 e. The van der Waals surface area contributed by atoms with Crippen molar-refractivity contribution in [3.8, 4) is 6.07 Å². The van der Waals surface area contributed by atoms with Crippen molar-refractivity contribution in [3.05, 3.63) is 54.1 Å². The van der Waals surface area contributed by atoms with Gasteiger partial charge in [0.1, 0.15) is 5.54 Å². The molecule has 2 aromatic rings. The second-order valence-electron chi connectivity index (χ2n) is 9.41. The molecule has 0 radical (unpaired) electrons. The summed E-state index contributed by atoms with van der Waals surface area (Å²) in [4.78, 5) is 2.31. The number of alkyl halides is 3. The molecule has 2 atom stereocenters. The van der Waals surface area contributed by atoms with E-state index in [1.54, 1.807) is 32.0 Å². The third-order valence-corrected chi connectivity index (χ3v) is 8.77. The van der Waals surface area contributed by atoms with Crippen LogP contribution in [-0.2, 0) is 15.6 Å². The van der Waals surface area contributed by atoms with Crippen molar-refractivity contribution >= 4 is 28.3 Å². The number of rotatable bonds is 7. The van der Waals surface area contributed by atoms with Crippen LogP contribution in [0.4, 0.5) is 18.9 Å². The lowest BCUT2D eigenvalue weighted by Crippen LogP contribution is -2.59. The second kappa shape index (κ2) is 10.2. The minimum atomic E-state index is -4.84. The van der Waals surface area contributed by atoms with Gasteiger partial charge in [0.15, 0.2) is 5.60 Å². The molecule has 1 unspecified atom stereocenters. The first-order valence-electron chi connectivity index (χ1n) is 11.2. The summed E-state index contributed by atoms with van der Waals surface area (Å²) < 4.78 is 67.8. The van der Waals surface area contributed by atoms with E-state index >= 15 is 0 Å². The van der Waals surface area contributed by atoms with E-state index in [4.69, 9.17) is 0 Å². The van der Waals surface area contributed by atoms with Gasteiger partial charge in [0, 0.05) is 36.8 Å². The predicted molar refractivity (Wildman–Crippen MR) is 133 cm³/mol. The SMILES string of the molecule is CC(C)(C#N)NC[C@H]1CN(S(=O)(=O)c2ccccc2S)CCN1c1ccc(C(C)(O)C(F)(F)F)cc1. The van der Waals surface area contributed by atoms with Crippen molar-refractivity contribution in [2.45, 2.75) is 53.9 Å². The number of benzene rings is 2. The van der Waals surface area contributed by atoms with Crippen molar-refractivity contribution in [2.24, 2.45) is 0 Å². The molecular formula is C24H29F3N4O3S2. The summed E-state index contributed by atoms with van der Waals surface area (Å²) in [5.74, 6) is 0. The van der Waals surface area contributed by atoms with E-state index in [1.807, 2.05) is 4.90 Å². The molecule has 0 aliphatic carbocycles. The molecule has 0 aromatic heterocycles. The molecule has 3 rings (SSSR count). The predicted octanol–water partition coefficient (Wildman–Crippen LogP) is 3.52. The van der Waals surface area contributed by atoms with Crippen molar-refractivity contribution in [3.63, 3.8) is 0 Å². The van der Waals surface area contributed by atoms with Gasteiger partial charge in [-0.3, -0.25) is 5.32 Å². The van der Waals surface area contributed by atoms with Gasteiger partial charge in [-0.05, 0) is 50.6 Å². The molecule has 12 heteroatoms. The fraction of sp³-hybridized carbons (Fsp3) is 0.458. The number of nitrogens with zero attached hydrogens (tertiary/aromatic N) is 3. The molecule has 1 saturated heterocycles. The highest BCUT2D eigenvalue weighted by molar-refractivity contribution is 7.90. The first kappa shape index (κ1) is 28.3. The Morgan fingerprint density at radius 2 is 1.72 bits per heavy atom. The fourth-order valence-corrected chi connectivity index (χ4v) is 5.99. The Morgan fingerprint density at radius 1 is 1.11 bits per heavy atom. The molecule has 0 spiro atoms. The molecule has 0 amide bonds. The average molecular weight is 543 g/mol. The summed E-state index contributed by atoms with van der Waals surface area (Å²) in [6.45, 7) is 4.83. The number of thiol groups is 1. The molecule has 7 nitrogen and oxygen atoms in total. The molecule has 0 bridgehead atoms. The lowest BCUT2D eigenvalue weighted by molar-refractivity contribution is -0.258. The highest BCUT2D eigenvalue weighted by atomic mass is 32.2. The first-order valence-corrected chi connectivity index (χ1v) is 13.1. The Balaban J connectivity index is 1.91. The van der Waals surface area contributed by atoms with Gasteiger partial charge in [0.25, 0.3) is 0 Å². The van der Waals surface area contributed by atoms with Gasteiger partial charge in [-0.1, -0.05) is 24.3 Å². The summed E-state index contributed by atoms with van der Waals surface area (Å²) in [6.07, 6.45) is -4.84. The maximum absolute atomic E-state index is 13.4. The van der Waals surface area contributed by atoms with E-state index in [9.17, 15) is 32.0 Å². The van der Waals surface area contributed by atoms with Crippen LogP contribution in [0.15, 0.2) is 58.3 Å². The Bertz CT molecular complexity index is 1230. The molecule has 1 fully saturated rings. The summed E-state index contributed by atoms with van der Waals surface area (Å²) in [5.41, 5.74) is -3.61. The minimum absolute atomic E-state index is 0.0843. The maximum Gasteiger partial charge on any atom is 0.421 e. The summed E-state index contributed by atoms with van der Waals surface area (Å²) in [7, 11) is -3.85. The molecular weight excluding hydrogens is 513 g/mol. The molecule has 1 heterocycles. The number of sulfonamides is 1. The third-order valence-electron chi connectivity index (χ3n) is 6.30. The van der Waals surface area contributed by atoms with Gasteiger partial charge in [-0.25, -0.2) is 8.42 Å². The largest absolute Gasteiger partial charge is 0.421 e. The number of hydrogen-bond acceptors (Lipinski definition) is 7. The van der Waals surface area contributed by atoms with Gasteiger partial charge < -0.3 is 10.0 Å². The Hall–Kier alpha value is -2.30. The lowest BCUT2D eigenvalue weighted by Gasteiger charge is -2.43. The molecule has 1 aliphatic rings. The van der Waals surface area contributed by atoms with Crippen LogP contribution < -0.4 is 10.2 Å². The molecule has 0 saturated carbocycles. The number of hydrogen-bond donors (Lipinski definition) is 3. The van der Waals surface area contributed by atoms with Crippen LogP contribution in [-0.4, -0.2) is 61.8 Å². The summed E-state index contributed by atoms with van der Waals surface area (Å²) in [5, 5.41) is 22.5. The maximum atomic E-state index is 13.4. The van der Waals surface area contributed by atoms with E-state index in [2.05, 4.69) is 24.0 Å². The molecule has 2 N–H and O–H groups in total. The Labute approximate surface area is 215 Å². The number of nitrogens with one attached hydrogen (secondary N) is 1. The zero-order chi connectivity index (χ0) is 26.9.